The second-order valence-electron chi connectivity index (χ2n) is 4.41. The summed E-state index contributed by atoms with van der Waals surface area (Å²) in [4.78, 5) is 4.42. The Hall–Kier alpha value is -1.20. The number of halogens is 1. The molecule has 96 valence electrons. The molecular formula is C13H17BrN4. The summed E-state index contributed by atoms with van der Waals surface area (Å²) >= 11 is 3.55. The summed E-state index contributed by atoms with van der Waals surface area (Å²) in [6, 6.07) is 4.31. The van der Waals surface area contributed by atoms with Crippen LogP contribution in [0.5, 0.6) is 0 Å². The molecule has 2 aromatic rings. The number of nitrogens with zero attached hydrogens (tertiary/aromatic N) is 3. The maximum absolute atomic E-state index is 4.42. The predicted octanol–water partition coefficient (Wildman–Crippen LogP) is 2.50. The van der Waals surface area contributed by atoms with Gasteiger partial charge in [-0.2, -0.15) is 5.10 Å². The average molecular weight is 309 g/mol. The summed E-state index contributed by atoms with van der Waals surface area (Å²) in [7, 11) is 3.90. The van der Waals surface area contributed by atoms with Crippen molar-refractivity contribution < 1.29 is 0 Å². The van der Waals surface area contributed by atoms with Crippen LogP contribution in [0.4, 0.5) is 0 Å². The van der Waals surface area contributed by atoms with E-state index < -0.39 is 0 Å². The van der Waals surface area contributed by atoms with Gasteiger partial charge in [-0.05, 0) is 54.5 Å². The highest BCUT2D eigenvalue weighted by Gasteiger charge is 2.19. The molecule has 0 bridgehead atoms. The van der Waals surface area contributed by atoms with Crippen LogP contribution in [0.25, 0.3) is 0 Å². The van der Waals surface area contributed by atoms with Crippen LogP contribution in [-0.4, -0.2) is 21.8 Å². The van der Waals surface area contributed by atoms with Gasteiger partial charge in [0, 0.05) is 18.4 Å². The topological polar surface area (TPSA) is 42.7 Å². The molecule has 0 amide bonds. The fourth-order valence-corrected chi connectivity index (χ4v) is 2.82. The zero-order chi connectivity index (χ0) is 13.3. The van der Waals surface area contributed by atoms with E-state index in [2.05, 4.69) is 43.5 Å². The lowest BCUT2D eigenvalue weighted by Crippen LogP contribution is -2.21. The molecule has 1 unspecified atom stereocenters. The minimum Gasteiger partial charge on any atom is -0.308 e. The van der Waals surface area contributed by atoms with E-state index in [9.17, 15) is 0 Å². The van der Waals surface area contributed by atoms with E-state index in [4.69, 9.17) is 0 Å². The Bertz CT molecular complexity index is 522. The molecule has 0 fully saturated rings. The molecule has 1 N–H and O–H groups in total. The third-order valence-corrected chi connectivity index (χ3v) is 3.55. The van der Waals surface area contributed by atoms with Crippen molar-refractivity contribution in [1.29, 1.82) is 0 Å². The first-order valence-corrected chi connectivity index (χ1v) is 6.62. The van der Waals surface area contributed by atoms with Gasteiger partial charge in [-0.25, -0.2) is 0 Å². The van der Waals surface area contributed by atoms with Crippen molar-refractivity contribution in [3.8, 4) is 0 Å². The van der Waals surface area contributed by atoms with Gasteiger partial charge in [-0.15, -0.1) is 0 Å². The molecular weight excluding hydrogens is 292 g/mol. The number of aromatic nitrogens is 3. The monoisotopic (exact) mass is 308 g/mol. The summed E-state index contributed by atoms with van der Waals surface area (Å²) in [6.07, 6.45) is 1.82. The summed E-state index contributed by atoms with van der Waals surface area (Å²) < 4.78 is 2.90. The Labute approximate surface area is 116 Å². The molecule has 0 spiro atoms. The van der Waals surface area contributed by atoms with Crippen molar-refractivity contribution in [3.05, 3.63) is 45.4 Å². The number of hydrogen-bond donors (Lipinski definition) is 1. The Kier molecular flexibility index (Phi) is 3.82. The van der Waals surface area contributed by atoms with Gasteiger partial charge in [-0.1, -0.05) is 0 Å². The van der Waals surface area contributed by atoms with Crippen LogP contribution >= 0.6 is 15.9 Å². The van der Waals surface area contributed by atoms with E-state index in [0.717, 1.165) is 21.6 Å². The van der Waals surface area contributed by atoms with Crippen LogP contribution in [0.2, 0.25) is 0 Å². The molecule has 2 rings (SSSR count). The van der Waals surface area contributed by atoms with Gasteiger partial charge >= 0.3 is 0 Å². The number of nitrogens with one attached hydrogen (secondary N) is 1. The largest absolute Gasteiger partial charge is 0.308 e. The molecule has 4 nitrogen and oxygen atoms in total. The van der Waals surface area contributed by atoms with E-state index in [1.54, 1.807) is 0 Å². The van der Waals surface area contributed by atoms with E-state index in [1.165, 1.54) is 5.56 Å². The third-order valence-electron chi connectivity index (χ3n) is 2.94. The normalized spacial score (nSPS) is 12.7. The van der Waals surface area contributed by atoms with Crippen LogP contribution < -0.4 is 5.32 Å². The lowest BCUT2D eigenvalue weighted by Gasteiger charge is -2.18. The Morgan fingerprint density at radius 2 is 1.89 bits per heavy atom. The lowest BCUT2D eigenvalue weighted by atomic mass is 10.0. The highest BCUT2D eigenvalue weighted by atomic mass is 79.9. The van der Waals surface area contributed by atoms with Crippen molar-refractivity contribution in [3.63, 3.8) is 0 Å². The Balaban J connectivity index is 2.52. The van der Waals surface area contributed by atoms with Crippen LogP contribution in [0, 0.1) is 13.8 Å². The number of aryl methyl sites for hydroxylation is 3. The quantitative estimate of drug-likeness (QED) is 0.947. The van der Waals surface area contributed by atoms with Crippen LogP contribution in [-0.2, 0) is 7.05 Å². The summed E-state index contributed by atoms with van der Waals surface area (Å²) in [5, 5.41) is 7.61. The van der Waals surface area contributed by atoms with Gasteiger partial charge in [0.25, 0.3) is 0 Å². The zero-order valence-corrected chi connectivity index (χ0v) is 12.6. The third kappa shape index (κ3) is 2.47. The van der Waals surface area contributed by atoms with Crippen LogP contribution in [0.15, 0.2) is 22.8 Å². The molecule has 2 heterocycles. The van der Waals surface area contributed by atoms with Gasteiger partial charge in [0.05, 0.1) is 22.4 Å². The minimum atomic E-state index is 0.104. The minimum absolute atomic E-state index is 0.104. The first kappa shape index (κ1) is 13.2. The molecule has 0 aromatic carbocycles. The van der Waals surface area contributed by atoms with Crippen molar-refractivity contribution in [2.24, 2.45) is 7.05 Å². The molecule has 0 aliphatic rings. The first-order valence-electron chi connectivity index (χ1n) is 5.82. The molecule has 2 aromatic heterocycles. The van der Waals surface area contributed by atoms with Gasteiger partial charge in [0.1, 0.15) is 0 Å². The maximum atomic E-state index is 4.42. The predicted molar refractivity (Wildman–Crippen MR) is 75.5 cm³/mol. The first-order chi connectivity index (χ1) is 8.52. The van der Waals surface area contributed by atoms with E-state index in [1.807, 2.05) is 38.8 Å². The van der Waals surface area contributed by atoms with Gasteiger partial charge in [0.2, 0.25) is 0 Å². The van der Waals surface area contributed by atoms with Gasteiger partial charge < -0.3 is 5.32 Å². The van der Waals surface area contributed by atoms with Crippen molar-refractivity contribution in [2.45, 2.75) is 19.9 Å². The number of rotatable bonds is 3. The molecule has 1 atom stereocenters. The second kappa shape index (κ2) is 5.20. The average Bonchev–Trinajstić information content (AvgIpc) is 2.61. The fraction of sp³-hybridized carbons (Fsp3) is 0.385. The molecule has 0 aliphatic carbocycles. The summed E-state index contributed by atoms with van der Waals surface area (Å²) in [5.74, 6) is 0. The highest BCUT2D eigenvalue weighted by Crippen LogP contribution is 2.28. The number of pyridine rings is 1. The van der Waals surface area contributed by atoms with Crippen LogP contribution in [0.1, 0.15) is 28.7 Å². The van der Waals surface area contributed by atoms with Crippen molar-refractivity contribution in [1.82, 2.24) is 20.1 Å². The van der Waals surface area contributed by atoms with E-state index >= 15 is 0 Å². The number of hydrogen-bond acceptors (Lipinski definition) is 3. The second-order valence-corrected chi connectivity index (χ2v) is 5.26. The summed E-state index contributed by atoms with van der Waals surface area (Å²) in [6.45, 7) is 4.03. The SMILES string of the molecule is CNC(c1cc(C)nc(C)c1)c1c(Br)cnn1C. The van der Waals surface area contributed by atoms with Crippen LogP contribution in [0.3, 0.4) is 0 Å². The van der Waals surface area contributed by atoms with Gasteiger partial charge in [0.15, 0.2) is 0 Å². The molecule has 0 saturated carbocycles. The molecule has 18 heavy (non-hydrogen) atoms. The van der Waals surface area contributed by atoms with Crippen molar-refractivity contribution >= 4 is 15.9 Å². The molecule has 0 aliphatic heterocycles. The molecule has 5 heteroatoms. The smallest absolute Gasteiger partial charge is 0.0758 e. The standard InChI is InChI=1S/C13H17BrN4/c1-8-5-10(6-9(2)17-8)12(15-3)13-11(14)7-16-18(13)4/h5-7,12,15H,1-4H3. The van der Waals surface area contributed by atoms with Gasteiger partial charge in [-0.3, -0.25) is 9.67 Å². The van der Waals surface area contributed by atoms with E-state index in [-0.39, 0.29) is 6.04 Å². The highest BCUT2D eigenvalue weighted by molar-refractivity contribution is 9.10. The molecule has 0 radical (unpaired) electrons. The molecule has 0 saturated heterocycles. The van der Waals surface area contributed by atoms with Crippen molar-refractivity contribution in [2.75, 3.05) is 7.05 Å². The fourth-order valence-electron chi connectivity index (χ4n) is 2.24. The zero-order valence-electron chi connectivity index (χ0n) is 11.0. The maximum Gasteiger partial charge on any atom is 0.0758 e. The Morgan fingerprint density at radius 3 is 2.33 bits per heavy atom. The lowest BCUT2D eigenvalue weighted by molar-refractivity contribution is 0.602. The summed E-state index contributed by atoms with van der Waals surface area (Å²) in [5.41, 5.74) is 4.38. The Morgan fingerprint density at radius 1 is 1.28 bits per heavy atom. The van der Waals surface area contributed by atoms with E-state index in [0.29, 0.717) is 0 Å².